The van der Waals surface area contributed by atoms with Gasteiger partial charge in [0.25, 0.3) is 0 Å². The number of carbonyl (C=O) groups excluding carboxylic acids is 1. The molecule has 2 fully saturated rings. The molecule has 37 heavy (non-hydrogen) atoms. The number of likely N-dealkylation sites (tertiary alicyclic amines) is 1. The summed E-state index contributed by atoms with van der Waals surface area (Å²) in [6, 6.07) is 16.6. The molecule has 2 N–H and O–H groups in total. The zero-order chi connectivity index (χ0) is 25.8. The Morgan fingerprint density at radius 2 is 1.86 bits per heavy atom. The van der Waals surface area contributed by atoms with Crippen molar-refractivity contribution in [2.24, 2.45) is 0 Å². The Bertz CT molecular complexity index is 1280. The summed E-state index contributed by atoms with van der Waals surface area (Å²) in [4.78, 5) is 14.6. The van der Waals surface area contributed by atoms with E-state index in [2.05, 4.69) is 32.2 Å². The van der Waals surface area contributed by atoms with E-state index < -0.39 is 0 Å². The number of hydrogen-bond donors (Lipinski definition) is 2. The van der Waals surface area contributed by atoms with Crippen molar-refractivity contribution in [3.63, 3.8) is 0 Å². The van der Waals surface area contributed by atoms with Crippen molar-refractivity contribution < 1.29 is 9.53 Å². The Labute approximate surface area is 219 Å². The Morgan fingerprint density at radius 3 is 2.51 bits per heavy atom. The molecular weight excluding hydrogens is 462 g/mol. The summed E-state index contributed by atoms with van der Waals surface area (Å²) in [6.45, 7) is 8.06. The van der Waals surface area contributed by atoms with Crippen LogP contribution in [0.1, 0.15) is 64.0 Å². The third-order valence-electron chi connectivity index (χ3n) is 7.45. The first kappa shape index (κ1) is 25.2. The maximum Gasteiger partial charge on any atom is 0.319 e. The first-order valence-electron chi connectivity index (χ1n) is 13.6. The van der Waals surface area contributed by atoms with Gasteiger partial charge in [-0.15, -0.1) is 0 Å². The molecule has 1 aliphatic carbocycles. The second-order valence-corrected chi connectivity index (χ2v) is 10.6. The van der Waals surface area contributed by atoms with Crippen molar-refractivity contribution in [3.8, 4) is 23.1 Å². The fraction of sp³-hybridized carbons (Fsp3) is 0.467. The van der Waals surface area contributed by atoms with E-state index in [1.165, 1.54) is 32.4 Å². The maximum absolute atomic E-state index is 12.1. The van der Waals surface area contributed by atoms with E-state index in [4.69, 9.17) is 4.74 Å². The zero-order valence-corrected chi connectivity index (χ0v) is 21.9. The minimum absolute atomic E-state index is 0.0644. The van der Waals surface area contributed by atoms with E-state index in [1.807, 2.05) is 50.2 Å². The lowest BCUT2D eigenvalue weighted by Crippen LogP contribution is -2.34. The summed E-state index contributed by atoms with van der Waals surface area (Å²) in [5.41, 5.74) is 4.40. The van der Waals surface area contributed by atoms with Gasteiger partial charge in [-0.2, -0.15) is 5.26 Å². The number of nitriles is 1. The molecule has 2 aliphatic rings. The van der Waals surface area contributed by atoms with Gasteiger partial charge in [0.2, 0.25) is 0 Å². The molecule has 1 aliphatic heterocycles. The van der Waals surface area contributed by atoms with Crippen LogP contribution in [0, 0.1) is 11.3 Å². The minimum Gasteiger partial charge on any atom is -0.493 e. The lowest BCUT2D eigenvalue weighted by atomic mass is 9.92. The van der Waals surface area contributed by atoms with E-state index in [1.54, 1.807) is 0 Å². The highest BCUT2D eigenvalue weighted by atomic mass is 16.5. The predicted octanol–water partition coefficient (Wildman–Crippen LogP) is 6.30. The molecule has 194 valence electrons. The molecule has 3 aromatic rings. The fourth-order valence-corrected chi connectivity index (χ4v) is 5.43. The SMILES string of the molecule is CC(C)NC(=O)Nc1ccc(-c2c(C#N)c3ccc(OCCCN4CCCC4)cc3n2C2CCC2)cc1. The van der Waals surface area contributed by atoms with Crippen molar-refractivity contribution in [2.75, 3.05) is 31.6 Å². The van der Waals surface area contributed by atoms with Gasteiger partial charge in [-0.1, -0.05) is 12.1 Å². The van der Waals surface area contributed by atoms with Crippen LogP contribution in [0.2, 0.25) is 0 Å². The first-order chi connectivity index (χ1) is 18.0. The molecule has 7 heteroatoms. The van der Waals surface area contributed by atoms with Gasteiger partial charge in [0.1, 0.15) is 11.8 Å². The topological polar surface area (TPSA) is 82.3 Å². The van der Waals surface area contributed by atoms with Crippen molar-refractivity contribution in [1.29, 1.82) is 5.26 Å². The minimum atomic E-state index is -0.225. The lowest BCUT2D eigenvalue weighted by Gasteiger charge is -2.30. The number of hydrogen-bond acceptors (Lipinski definition) is 4. The van der Waals surface area contributed by atoms with Gasteiger partial charge in [0, 0.05) is 35.8 Å². The number of aromatic nitrogens is 1. The molecule has 0 radical (unpaired) electrons. The van der Waals surface area contributed by atoms with Gasteiger partial charge in [-0.05, 0) is 95.3 Å². The molecule has 7 nitrogen and oxygen atoms in total. The van der Waals surface area contributed by atoms with Crippen molar-refractivity contribution >= 4 is 22.6 Å². The molecule has 1 saturated heterocycles. The van der Waals surface area contributed by atoms with E-state index in [-0.39, 0.29) is 12.1 Å². The number of ether oxygens (including phenoxy) is 1. The average molecular weight is 500 g/mol. The Morgan fingerprint density at radius 1 is 1.11 bits per heavy atom. The van der Waals surface area contributed by atoms with Crippen molar-refractivity contribution in [2.45, 2.75) is 64.5 Å². The van der Waals surface area contributed by atoms with Crippen LogP contribution in [0.5, 0.6) is 5.75 Å². The number of fused-ring (bicyclic) bond motifs is 1. The van der Waals surface area contributed by atoms with Gasteiger partial charge >= 0.3 is 6.03 Å². The van der Waals surface area contributed by atoms with Crippen LogP contribution in [-0.4, -0.2) is 47.8 Å². The van der Waals surface area contributed by atoms with Crippen molar-refractivity contribution in [3.05, 3.63) is 48.0 Å². The van der Waals surface area contributed by atoms with Gasteiger partial charge in [0.05, 0.1) is 23.4 Å². The Hall–Kier alpha value is -3.50. The van der Waals surface area contributed by atoms with Crippen LogP contribution in [0.4, 0.5) is 10.5 Å². The summed E-state index contributed by atoms with van der Waals surface area (Å²) in [6.07, 6.45) is 7.06. The summed E-state index contributed by atoms with van der Waals surface area (Å²) in [7, 11) is 0. The fourth-order valence-electron chi connectivity index (χ4n) is 5.43. The van der Waals surface area contributed by atoms with Crippen LogP contribution >= 0.6 is 0 Å². The number of nitrogens with zero attached hydrogens (tertiary/aromatic N) is 3. The molecule has 0 spiro atoms. The largest absolute Gasteiger partial charge is 0.493 e. The van der Waals surface area contributed by atoms with Crippen LogP contribution < -0.4 is 15.4 Å². The smallest absolute Gasteiger partial charge is 0.319 e. The highest BCUT2D eigenvalue weighted by Gasteiger charge is 2.28. The molecule has 2 aromatic carbocycles. The molecule has 1 aromatic heterocycles. The molecule has 0 bridgehead atoms. The summed E-state index contributed by atoms with van der Waals surface area (Å²) in [5, 5.41) is 16.9. The number of anilines is 1. The van der Waals surface area contributed by atoms with Gasteiger partial charge in [0.15, 0.2) is 0 Å². The normalized spacial score (nSPS) is 16.1. The highest BCUT2D eigenvalue weighted by molar-refractivity contribution is 5.96. The standard InChI is InChI=1S/C30H37N5O2/c1-21(2)32-30(36)33-23-11-9-22(10-12-23)29-27(20-31)26-14-13-25(19-28(26)35(29)24-7-5-8-24)37-18-6-17-34-15-3-4-16-34/h9-14,19,21,24H,3-8,15-18H2,1-2H3,(H2,32,33,36). The van der Waals surface area contributed by atoms with Crippen LogP contribution in [-0.2, 0) is 0 Å². The monoisotopic (exact) mass is 499 g/mol. The predicted molar refractivity (Wildman–Crippen MR) is 148 cm³/mol. The Balaban J connectivity index is 1.41. The Kier molecular flexibility index (Phi) is 7.66. The lowest BCUT2D eigenvalue weighted by molar-refractivity contribution is 0.250. The van der Waals surface area contributed by atoms with Gasteiger partial charge in [-0.25, -0.2) is 4.79 Å². The van der Waals surface area contributed by atoms with E-state index in [9.17, 15) is 10.1 Å². The van der Waals surface area contributed by atoms with E-state index >= 15 is 0 Å². The van der Waals surface area contributed by atoms with Gasteiger partial charge in [-0.3, -0.25) is 0 Å². The third kappa shape index (κ3) is 5.60. The molecule has 0 unspecified atom stereocenters. The highest BCUT2D eigenvalue weighted by Crippen LogP contribution is 2.43. The quantitative estimate of drug-likeness (QED) is 0.339. The second-order valence-electron chi connectivity index (χ2n) is 10.6. The number of nitrogens with one attached hydrogen (secondary N) is 2. The number of carbonyl (C=O) groups is 1. The third-order valence-corrected chi connectivity index (χ3v) is 7.45. The number of benzene rings is 2. The maximum atomic E-state index is 12.1. The summed E-state index contributed by atoms with van der Waals surface area (Å²) in [5.74, 6) is 0.860. The zero-order valence-electron chi connectivity index (χ0n) is 21.9. The number of urea groups is 1. The molecule has 0 atom stereocenters. The summed E-state index contributed by atoms with van der Waals surface area (Å²) >= 11 is 0. The molecular formula is C30H37N5O2. The van der Waals surface area contributed by atoms with E-state index in [0.29, 0.717) is 18.2 Å². The second kappa shape index (κ2) is 11.3. The van der Waals surface area contributed by atoms with Crippen molar-refractivity contribution in [1.82, 2.24) is 14.8 Å². The average Bonchev–Trinajstić information content (AvgIpc) is 3.47. The molecule has 2 heterocycles. The first-order valence-corrected chi connectivity index (χ1v) is 13.6. The van der Waals surface area contributed by atoms with Gasteiger partial charge < -0.3 is 24.8 Å². The molecule has 2 amide bonds. The number of amides is 2. The molecule has 1 saturated carbocycles. The van der Waals surface area contributed by atoms with E-state index in [0.717, 1.165) is 59.4 Å². The van der Waals surface area contributed by atoms with Crippen LogP contribution in [0.15, 0.2) is 42.5 Å². The number of rotatable bonds is 9. The van der Waals surface area contributed by atoms with Crippen LogP contribution in [0.3, 0.4) is 0 Å². The molecule has 5 rings (SSSR count). The van der Waals surface area contributed by atoms with Crippen LogP contribution in [0.25, 0.3) is 22.2 Å². The summed E-state index contributed by atoms with van der Waals surface area (Å²) < 4.78 is 8.51.